The van der Waals surface area contributed by atoms with Gasteiger partial charge in [0.1, 0.15) is 0 Å². The summed E-state index contributed by atoms with van der Waals surface area (Å²) in [6.07, 6.45) is 1.68. The van der Waals surface area contributed by atoms with Crippen LogP contribution in [0.5, 0.6) is 0 Å². The second-order valence-electron chi connectivity index (χ2n) is 7.72. The number of aliphatic hydroxyl groups is 1. The maximum atomic E-state index is 12.9. The number of rotatable bonds is 4. The van der Waals surface area contributed by atoms with E-state index >= 15 is 0 Å². The van der Waals surface area contributed by atoms with E-state index in [2.05, 4.69) is 4.98 Å². The van der Waals surface area contributed by atoms with Gasteiger partial charge in [0.2, 0.25) is 0 Å². The van der Waals surface area contributed by atoms with Crippen LogP contribution in [0.4, 0.5) is 0 Å². The molecule has 2 N–H and O–H groups in total. The molecule has 6 nitrogen and oxygen atoms in total. The Labute approximate surface area is 158 Å². The standard InChI is InChI=1S/C21H26N2O4/c1-3-27-17-12-16(24)21(17)8-10-23(11-9-21)20(26)19(25)18-13(2)22-15-7-5-4-6-14(15)18/h4-7,16-17,22,24H,3,8-12H2,1-2H3. The number of aromatic amines is 1. The zero-order valence-corrected chi connectivity index (χ0v) is 15.8. The molecule has 2 atom stereocenters. The minimum atomic E-state index is -0.462. The zero-order valence-electron chi connectivity index (χ0n) is 15.8. The van der Waals surface area contributed by atoms with Crippen molar-refractivity contribution in [3.05, 3.63) is 35.5 Å². The predicted molar refractivity (Wildman–Crippen MR) is 102 cm³/mol. The number of aliphatic hydroxyl groups excluding tert-OH is 1. The lowest BCUT2D eigenvalue weighted by Crippen LogP contribution is -2.63. The van der Waals surface area contributed by atoms with E-state index < -0.39 is 11.7 Å². The molecule has 1 aliphatic carbocycles. The molecule has 27 heavy (non-hydrogen) atoms. The van der Waals surface area contributed by atoms with Crippen LogP contribution in [0.1, 0.15) is 42.2 Å². The van der Waals surface area contributed by atoms with Gasteiger partial charge in [0, 0.05) is 48.1 Å². The van der Waals surface area contributed by atoms with Crippen molar-refractivity contribution in [2.45, 2.75) is 45.3 Å². The summed E-state index contributed by atoms with van der Waals surface area (Å²) in [4.78, 5) is 30.6. The van der Waals surface area contributed by atoms with E-state index in [1.54, 1.807) is 4.90 Å². The quantitative estimate of drug-likeness (QED) is 0.640. The first-order valence-electron chi connectivity index (χ1n) is 9.68. The van der Waals surface area contributed by atoms with Crippen molar-refractivity contribution >= 4 is 22.6 Å². The summed E-state index contributed by atoms with van der Waals surface area (Å²) in [5.41, 5.74) is 1.79. The average molecular weight is 370 g/mol. The smallest absolute Gasteiger partial charge is 0.295 e. The molecule has 2 unspecified atom stereocenters. The van der Waals surface area contributed by atoms with E-state index in [1.807, 2.05) is 38.1 Å². The third kappa shape index (κ3) is 2.78. The molecule has 4 rings (SSSR count). The maximum absolute atomic E-state index is 12.9. The van der Waals surface area contributed by atoms with Crippen LogP contribution >= 0.6 is 0 Å². The van der Waals surface area contributed by atoms with Gasteiger partial charge in [0.05, 0.1) is 17.8 Å². The summed E-state index contributed by atoms with van der Waals surface area (Å²) in [5.74, 6) is -0.920. The molecule has 0 radical (unpaired) electrons. The average Bonchev–Trinajstić information content (AvgIpc) is 3.02. The third-order valence-corrected chi connectivity index (χ3v) is 6.41. The Balaban J connectivity index is 1.49. The number of piperidine rings is 1. The molecular weight excluding hydrogens is 344 g/mol. The molecule has 1 saturated carbocycles. The molecule has 1 spiro atoms. The number of nitrogens with zero attached hydrogens (tertiary/aromatic N) is 1. The predicted octanol–water partition coefficient (Wildman–Crippen LogP) is 2.44. The van der Waals surface area contributed by atoms with Crippen molar-refractivity contribution in [1.29, 1.82) is 0 Å². The monoisotopic (exact) mass is 370 g/mol. The first kappa shape index (κ1) is 18.2. The van der Waals surface area contributed by atoms with Gasteiger partial charge in [-0.1, -0.05) is 18.2 Å². The van der Waals surface area contributed by atoms with E-state index in [0.29, 0.717) is 50.2 Å². The van der Waals surface area contributed by atoms with Gasteiger partial charge in [0.25, 0.3) is 11.7 Å². The SMILES string of the molecule is CCOC1CC(O)C12CCN(C(=O)C(=O)c1c(C)[nH]c3ccccc13)CC2. The molecule has 6 heteroatoms. The number of aryl methyl sites for hydroxylation is 1. The van der Waals surface area contributed by atoms with E-state index in [0.717, 1.165) is 10.9 Å². The minimum Gasteiger partial charge on any atom is -0.392 e. The lowest BCUT2D eigenvalue weighted by atomic mass is 9.58. The van der Waals surface area contributed by atoms with E-state index in [4.69, 9.17) is 4.74 Å². The number of ether oxygens (including phenoxy) is 1. The Bertz CT molecular complexity index is 877. The molecule has 1 aromatic heterocycles. The van der Waals surface area contributed by atoms with Crippen molar-refractivity contribution in [2.75, 3.05) is 19.7 Å². The second kappa shape index (κ2) is 6.77. The molecule has 1 aromatic carbocycles. The van der Waals surface area contributed by atoms with Gasteiger partial charge in [-0.15, -0.1) is 0 Å². The summed E-state index contributed by atoms with van der Waals surface area (Å²) >= 11 is 0. The van der Waals surface area contributed by atoms with Crippen molar-refractivity contribution < 1.29 is 19.4 Å². The number of Topliss-reactive ketones (excluding diaryl/α,β-unsaturated/α-hetero) is 1. The summed E-state index contributed by atoms with van der Waals surface area (Å²) in [7, 11) is 0. The van der Waals surface area contributed by atoms with E-state index in [1.165, 1.54) is 0 Å². The van der Waals surface area contributed by atoms with Crippen molar-refractivity contribution in [2.24, 2.45) is 5.41 Å². The number of fused-ring (bicyclic) bond motifs is 1. The lowest BCUT2D eigenvalue weighted by Gasteiger charge is -2.56. The Hall–Kier alpha value is -2.18. The van der Waals surface area contributed by atoms with Crippen LogP contribution < -0.4 is 0 Å². The molecule has 1 amide bonds. The fraction of sp³-hybridized carbons (Fsp3) is 0.524. The highest BCUT2D eigenvalue weighted by Crippen LogP contribution is 2.51. The highest BCUT2D eigenvalue weighted by molar-refractivity contribution is 6.45. The molecule has 1 saturated heterocycles. The second-order valence-corrected chi connectivity index (χ2v) is 7.72. The molecule has 0 bridgehead atoms. The fourth-order valence-corrected chi connectivity index (χ4v) is 4.76. The van der Waals surface area contributed by atoms with Crippen LogP contribution in [0, 0.1) is 12.3 Å². The minimum absolute atomic E-state index is 0.0568. The van der Waals surface area contributed by atoms with Gasteiger partial charge in [-0.3, -0.25) is 9.59 Å². The number of para-hydroxylation sites is 1. The number of nitrogens with one attached hydrogen (secondary N) is 1. The van der Waals surface area contributed by atoms with Gasteiger partial charge in [-0.05, 0) is 32.8 Å². The highest BCUT2D eigenvalue weighted by Gasteiger charge is 2.56. The summed E-state index contributed by atoms with van der Waals surface area (Å²) in [6.45, 7) is 5.36. The van der Waals surface area contributed by atoms with Crippen LogP contribution in [0.2, 0.25) is 0 Å². The Morgan fingerprint density at radius 1 is 1.30 bits per heavy atom. The highest BCUT2D eigenvalue weighted by atomic mass is 16.5. The number of likely N-dealkylation sites (tertiary alicyclic amines) is 1. The largest absolute Gasteiger partial charge is 0.392 e. The molecule has 2 fully saturated rings. The molecular formula is C21H26N2O4. The van der Waals surface area contributed by atoms with Crippen LogP contribution in [0.3, 0.4) is 0 Å². The molecule has 1 aliphatic heterocycles. The Morgan fingerprint density at radius 2 is 2.00 bits per heavy atom. The van der Waals surface area contributed by atoms with Crippen LogP contribution in [-0.2, 0) is 9.53 Å². The number of amides is 1. The van der Waals surface area contributed by atoms with Crippen molar-refractivity contribution in [3.8, 4) is 0 Å². The van der Waals surface area contributed by atoms with Crippen molar-refractivity contribution in [3.63, 3.8) is 0 Å². The lowest BCUT2D eigenvalue weighted by molar-refractivity contribution is -0.209. The number of ketones is 1. The summed E-state index contributed by atoms with van der Waals surface area (Å²) in [6, 6.07) is 7.53. The van der Waals surface area contributed by atoms with Crippen molar-refractivity contribution in [1.82, 2.24) is 9.88 Å². The Morgan fingerprint density at radius 3 is 2.67 bits per heavy atom. The van der Waals surface area contributed by atoms with Gasteiger partial charge >= 0.3 is 0 Å². The summed E-state index contributed by atoms with van der Waals surface area (Å²) < 4.78 is 5.77. The fourth-order valence-electron chi connectivity index (χ4n) is 4.76. The van der Waals surface area contributed by atoms with Crippen LogP contribution in [0.25, 0.3) is 10.9 Å². The van der Waals surface area contributed by atoms with E-state index in [-0.39, 0.29) is 17.6 Å². The van der Waals surface area contributed by atoms with Crippen LogP contribution in [-0.4, -0.2) is 58.6 Å². The first-order chi connectivity index (χ1) is 13.0. The molecule has 144 valence electrons. The third-order valence-electron chi connectivity index (χ3n) is 6.41. The summed E-state index contributed by atoms with van der Waals surface area (Å²) in [5, 5.41) is 11.1. The number of carbonyl (C=O) groups is 2. The molecule has 2 aliphatic rings. The van der Waals surface area contributed by atoms with E-state index in [9.17, 15) is 14.7 Å². The number of carbonyl (C=O) groups excluding carboxylic acids is 2. The number of aromatic nitrogens is 1. The number of H-pyrrole nitrogens is 1. The van der Waals surface area contributed by atoms with Crippen LogP contribution in [0.15, 0.2) is 24.3 Å². The Kier molecular flexibility index (Phi) is 4.56. The normalized spacial score (nSPS) is 24.2. The molecule has 2 heterocycles. The first-order valence-corrected chi connectivity index (χ1v) is 9.68. The van der Waals surface area contributed by atoms with Gasteiger partial charge < -0.3 is 19.7 Å². The van der Waals surface area contributed by atoms with Gasteiger partial charge in [-0.2, -0.15) is 0 Å². The van der Waals surface area contributed by atoms with Gasteiger partial charge in [0.15, 0.2) is 0 Å². The number of benzene rings is 1. The van der Waals surface area contributed by atoms with Gasteiger partial charge in [-0.25, -0.2) is 0 Å². The zero-order chi connectivity index (χ0) is 19.2. The molecule has 2 aromatic rings. The topological polar surface area (TPSA) is 82.6 Å². The maximum Gasteiger partial charge on any atom is 0.295 e. The number of hydrogen-bond donors (Lipinski definition) is 2. The number of hydrogen-bond acceptors (Lipinski definition) is 4.